The second kappa shape index (κ2) is 8.27. The number of hydrogen-bond donors (Lipinski definition) is 3. The maximum absolute atomic E-state index is 12.1. The lowest BCUT2D eigenvalue weighted by Crippen LogP contribution is -2.41. The first-order valence-electron chi connectivity index (χ1n) is 11.1. The molecule has 2 unspecified atom stereocenters. The molecule has 1 saturated carbocycles. The van der Waals surface area contributed by atoms with Crippen molar-refractivity contribution in [3.05, 3.63) is 53.7 Å². The number of rotatable bonds is 5. The predicted molar refractivity (Wildman–Crippen MR) is 121 cm³/mol. The van der Waals surface area contributed by atoms with Crippen LogP contribution in [0, 0.1) is 18.8 Å². The molecule has 2 heterocycles. The second-order valence-corrected chi connectivity index (χ2v) is 8.95. The fourth-order valence-corrected chi connectivity index (χ4v) is 4.49. The SMILES string of the molecule is Cc1ccc2c(C3CNCC(CNC(=O)C4CC4)C3)nc(-c3ccccc3O)nc2c1. The van der Waals surface area contributed by atoms with Gasteiger partial charge in [0.25, 0.3) is 0 Å². The summed E-state index contributed by atoms with van der Waals surface area (Å²) in [6.07, 6.45) is 3.01. The van der Waals surface area contributed by atoms with Crippen LogP contribution in [-0.2, 0) is 4.79 Å². The van der Waals surface area contributed by atoms with E-state index < -0.39 is 0 Å². The number of aromatic nitrogens is 2. The molecule has 1 amide bonds. The topological polar surface area (TPSA) is 87.1 Å². The third-order valence-corrected chi connectivity index (χ3v) is 6.37. The van der Waals surface area contributed by atoms with Crippen molar-refractivity contribution in [2.45, 2.75) is 32.1 Å². The van der Waals surface area contributed by atoms with E-state index >= 15 is 0 Å². The smallest absolute Gasteiger partial charge is 0.223 e. The minimum Gasteiger partial charge on any atom is -0.507 e. The van der Waals surface area contributed by atoms with Crippen LogP contribution in [0.1, 0.15) is 36.4 Å². The maximum atomic E-state index is 12.1. The summed E-state index contributed by atoms with van der Waals surface area (Å²) in [5.41, 5.74) is 3.69. The highest BCUT2D eigenvalue weighted by Gasteiger charge is 2.31. The fraction of sp³-hybridized carbons (Fsp3) is 0.400. The van der Waals surface area contributed by atoms with Crippen molar-refractivity contribution in [2.24, 2.45) is 11.8 Å². The number of amides is 1. The van der Waals surface area contributed by atoms with Crippen LogP contribution in [-0.4, -0.2) is 40.6 Å². The number of hydrogen-bond acceptors (Lipinski definition) is 5. The summed E-state index contributed by atoms with van der Waals surface area (Å²) in [5.74, 6) is 1.76. The Kier molecular flexibility index (Phi) is 5.32. The molecule has 2 aromatic carbocycles. The Balaban J connectivity index is 1.47. The molecular formula is C25H28N4O2. The number of para-hydroxylation sites is 1. The molecule has 5 rings (SSSR count). The van der Waals surface area contributed by atoms with Crippen LogP contribution in [0.4, 0.5) is 0 Å². The highest BCUT2D eigenvalue weighted by Crippen LogP contribution is 2.34. The molecule has 1 saturated heterocycles. The van der Waals surface area contributed by atoms with Crippen molar-refractivity contribution in [2.75, 3.05) is 19.6 Å². The molecule has 2 atom stereocenters. The van der Waals surface area contributed by atoms with E-state index in [9.17, 15) is 9.90 Å². The summed E-state index contributed by atoms with van der Waals surface area (Å²) in [7, 11) is 0. The van der Waals surface area contributed by atoms with Crippen molar-refractivity contribution in [1.82, 2.24) is 20.6 Å². The lowest BCUT2D eigenvalue weighted by Gasteiger charge is -2.30. The van der Waals surface area contributed by atoms with Gasteiger partial charge in [0, 0.05) is 30.3 Å². The third kappa shape index (κ3) is 4.26. The number of carbonyl (C=O) groups excluding carboxylic acids is 1. The molecule has 0 bridgehead atoms. The molecule has 1 aliphatic heterocycles. The van der Waals surface area contributed by atoms with Crippen molar-refractivity contribution in [1.29, 1.82) is 0 Å². The number of aryl methyl sites for hydroxylation is 1. The van der Waals surface area contributed by atoms with Gasteiger partial charge in [-0.05, 0) is 62.4 Å². The van der Waals surface area contributed by atoms with Crippen LogP contribution in [0.15, 0.2) is 42.5 Å². The van der Waals surface area contributed by atoms with Crippen LogP contribution >= 0.6 is 0 Å². The lowest BCUT2D eigenvalue weighted by molar-refractivity contribution is -0.122. The Bertz CT molecular complexity index is 1130. The number of phenolic OH excluding ortho intramolecular Hbond substituents is 1. The minimum atomic E-state index is 0.183. The summed E-state index contributed by atoms with van der Waals surface area (Å²) in [4.78, 5) is 21.8. The van der Waals surface area contributed by atoms with E-state index in [1.165, 1.54) is 0 Å². The van der Waals surface area contributed by atoms with Crippen molar-refractivity contribution >= 4 is 16.8 Å². The Morgan fingerprint density at radius 3 is 2.81 bits per heavy atom. The molecule has 2 aliphatic rings. The number of benzene rings is 2. The average molecular weight is 417 g/mol. The van der Waals surface area contributed by atoms with Gasteiger partial charge in [-0.15, -0.1) is 0 Å². The van der Waals surface area contributed by atoms with E-state index in [1.54, 1.807) is 12.1 Å². The molecule has 3 N–H and O–H groups in total. The Morgan fingerprint density at radius 1 is 1.16 bits per heavy atom. The predicted octanol–water partition coefficient (Wildman–Crippen LogP) is 3.53. The standard InChI is InChI=1S/C25H28N4O2/c1-15-6-9-19-21(10-15)28-24(20-4-2-3-5-22(20)30)29-23(19)18-11-16(12-26-14-18)13-27-25(31)17-7-8-17/h2-6,9-10,16-18,26,30H,7-8,11-14H2,1H3,(H,27,31). The van der Waals surface area contributed by atoms with Gasteiger partial charge in [-0.3, -0.25) is 4.79 Å². The number of phenols is 1. The highest BCUT2D eigenvalue weighted by molar-refractivity contribution is 5.84. The number of nitrogens with zero attached hydrogens (tertiary/aromatic N) is 2. The minimum absolute atomic E-state index is 0.183. The quantitative estimate of drug-likeness (QED) is 0.592. The molecule has 0 radical (unpaired) electrons. The molecule has 1 aromatic heterocycles. The number of piperidine rings is 1. The van der Waals surface area contributed by atoms with E-state index in [0.29, 0.717) is 23.9 Å². The van der Waals surface area contributed by atoms with Gasteiger partial charge in [0.05, 0.1) is 16.8 Å². The number of nitrogens with one attached hydrogen (secondary N) is 2. The largest absolute Gasteiger partial charge is 0.507 e. The van der Waals surface area contributed by atoms with Gasteiger partial charge < -0.3 is 15.7 Å². The first kappa shape index (κ1) is 19.9. The van der Waals surface area contributed by atoms with Gasteiger partial charge in [0.2, 0.25) is 5.91 Å². The van der Waals surface area contributed by atoms with Gasteiger partial charge in [0.15, 0.2) is 5.82 Å². The van der Waals surface area contributed by atoms with Gasteiger partial charge in [-0.2, -0.15) is 0 Å². The van der Waals surface area contributed by atoms with Crippen LogP contribution in [0.5, 0.6) is 5.75 Å². The van der Waals surface area contributed by atoms with Crippen molar-refractivity contribution in [3.63, 3.8) is 0 Å². The molecule has 3 aromatic rings. The molecule has 6 nitrogen and oxygen atoms in total. The zero-order chi connectivity index (χ0) is 21.4. The summed E-state index contributed by atoms with van der Waals surface area (Å²) < 4.78 is 0. The first-order chi connectivity index (χ1) is 15.1. The molecule has 160 valence electrons. The lowest BCUT2D eigenvalue weighted by atomic mass is 9.86. The summed E-state index contributed by atoms with van der Waals surface area (Å²) in [5, 5.41) is 18.1. The first-order valence-corrected chi connectivity index (χ1v) is 11.1. The van der Waals surface area contributed by atoms with Crippen LogP contribution < -0.4 is 10.6 Å². The maximum Gasteiger partial charge on any atom is 0.223 e. The summed E-state index contributed by atoms with van der Waals surface area (Å²) in [6, 6.07) is 13.5. The van der Waals surface area contributed by atoms with Crippen LogP contribution in [0.25, 0.3) is 22.3 Å². The van der Waals surface area contributed by atoms with Gasteiger partial charge in [0.1, 0.15) is 5.75 Å². The average Bonchev–Trinajstić information content (AvgIpc) is 3.62. The number of aromatic hydroxyl groups is 1. The molecular weight excluding hydrogens is 388 g/mol. The molecule has 1 aliphatic carbocycles. The zero-order valence-electron chi connectivity index (χ0n) is 17.8. The van der Waals surface area contributed by atoms with Crippen molar-refractivity contribution in [3.8, 4) is 17.1 Å². The van der Waals surface area contributed by atoms with E-state index in [-0.39, 0.29) is 23.5 Å². The Morgan fingerprint density at radius 2 is 2.00 bits per heavy atom. The van der Waals surface area contributed by atoms with E-state index in [0.717, 1.165) is 54.5 Å². The Hall–Kier alpha value is -2.99. The van der Waals surface area contributed by atoms with Crippen LogP contribution in [0.2, 0.25) is 0 Å². The van der Waals surface area contributed by atoms with E-state index in [2.05, 4.69) is 35.8 Å². The fourth-order valence-electron chi connectivity index (χ4n) is 4.49. The molecule has 2 fully saturated rings. The van der Waals surface area contributed by atoms with E-state index in [4.69, 9.17) is 9.97 Å². The monoisotopic (exact) mass is 416 g/mol. The van der Waals surface area contributed by atoms with Gasteiger partial charge in [-0.25, -0.2) is 9.97 Å². The Labute approximate surface area is 182 Å². The van der Waals surface area contributed by atoms with Crippen LogP contribution in [0.3, 0.4) is 0 Å². The summed E-state index contributed by atoms with van der Waals surface area (Å²) >= 11 is 0. The van der Waals surface area contributed by atoms with Gasteiger partial charge >= 0.3 is 0 Å². The third-order valence-electron chi connectivity index (χ3n) is 6.37. The number of fused-ring (bicyclic) bond motifs is 1. The van der Waals surface area contributed by atoms with E-state index in [1.807, 2.05) is 12.1 Å². The number of carbonyl (C=O) groups is 1. The zero-order valence-corrected chi connectivity index (χ0v) is 17.8. The van der Waals surface area contributed by atoms with Gasteiger partial charge in [-0.1, -0.05) is 24.3 Å². The molecule has 31 heavy (non-hydrogen) atoms. The second-order valence-electron chi connectivity index (χ2n) is 8.95. The molecule has 6 heteroatoms. The highest BCUT2D eigenvalue weighted by atomic mass is 16.3. The summed E-state index contributed by atoms with van der Waals surface area (Å²) in [6.45, 7) is 4.50. The van der Waals surface area contributed by atoms with Crippen molar-refractivity contribution < 1.29 is 9.90 Å². The normalized spacial score (nSPS) is 21.2. The molecule has 0 spiro atoms.